The fourth-order valence-electron chi connectivity index (χ4n) is 0.593. The molecule has 0 saturated carbocycles. The van der Waals surface area contributed by atoms with E-state index in [0.717, 1.165) is 0 Å². The number of rotatable bonds is 3. The van der Waals surface area contributed by atoms with Crippen LogP contribution >= 0.6 is 0 Å². The van der Waals surface area contributed by atoms with Crippen LogP contribution in [0.3, 0.4) is 0 Å². The summed E-state index contributed by atoms with van der Waals surface area (Å²) in [7, 11) is 0. The first-order valence-electron chi connectivity index (χ1n) is 3.99. The van der Waals surface area contributed by atoms with Crippen LogP contribution in [0.25, 0.3) is 0 Å². The molecule has 0 fully saturated rings. The maximum atomic E-state index is 2.24. The van der Waals surface area contributed by atoms with Crippen molar-refractivity contribution in [2.75, 3.05) is 0 Å². The lowest BCUT2D eigenvalue weighted by Crippen LogP contribution is -1.72. The van der Waals surface area contributed by atoms with Gasteiger partial charge in [0, 0.05) is 0 Å². The van der Waals surface area contributed by atoms with Crippen molar-refractivity contribution in [3.05, 3.63) is 23.3 Å². The van der Waals surface area contributed by atoms with E-state index in [9.17, 15) is 0 Å². The summed E-state index contributed by atoms with van der Waals surface area (Å²) in [6, 6.07) is 0. The maximum Gasteiger partial charge on any atom is -0.0350 e. The predicted octanol–water partition coefficient (Wildman–Crippen LogP) is 3.70. The SMILES string of the molecule is CCC/C=C/C(C)=C(C)C. The van der Waals surface area contributed by atoms with E-state index >= 15 is 0 Å². The van der Waals surface area contributed by atoms with Crippen LogP contribution in [0.2, 0.25) is 0 Å². The Labute approximate surface area is 64.6 Å². The van der Waals surface area contributed by atoms with E-state index in [1.54, 1.807) is 0 Å². The molecule has 0 aromatic carbocycles. The van der Waals surface area contributed by atoms with Gasteiger partial charge in [-0.15, -0.1) is 0 Å². The van der Waals surface area contributed by atoms with Crippen LogP contribution in [-0.2, 0) is 0 Å². The van der Waals surface area contributed by atoms with Gasteiger partial charge in [0.15, 0.2) is 0 Å². The molecule has 0 bridgehead atoms. The molecular formula is C10H18. The summed E-state index contributed by atoms with van der Waals surface area (Å²) in [6.45, 7) is 8.64. The highest BCUT2D eigenvalue weighted by Crippen LogP contribution is 2.03. The maximum absolute atomic E-state index is 2.24. The Balaban J connectivity index is 3.78. The Hall–Kier alpha value is -0.520. The van der Waals surface area contributed by atoms with Crippen molar-refractivity contribution in [1.82, 2.24) is 0 Å². The summed E-state index contributed by atoms with van der Waals surface area (Å²) < 4.78 is 0. The highest BCUT2D eigenvalue weighted by Gasteiger charge is 1.82. The molecule has 0 atom stereocenters. The Kier molecular flexibility index (Phi) is 5.00. The Bertz CT molecular complexity index is 134. The standard InChI is InChI=1S/C10H18/c1-5-6-7-8-10(4)9(2)3/h7-8H,5-6H2,1-4H3/b8-7+. The second-order valence-electron chi connectivity index (χ2n) is 2.87. The topological polar surface area (TPSA) is 0 Å². The lowest BCUT2D eigenvalue weighted by atomic mass is 10.1. The summed E-state index contributed by atoms with van der Waals surface area (Å²) in [6.07, 6.45) is 6.89. The van der Waals surface area contributed by atoms with E-state index in [4.69, 9.17) is 0 Å². The van der Waals surface area contributed by atoms with Crippen LogP contribution < -0.4 is 0 Å². The third-order valence-corrected chi connectivity index (χ3v) is 1.61. The van der Waals surface area contributed by atoms with Crippen molar-refractivity contribution < 1.29 is 0 Å². The molecule has 0 radical (unpaired) electrons. The zero-order valence-corrected chi connectivity index (χ0v) is 7.57. The van der Waals surface area contributed by atoms with Crippen molar-refractivity contribution in [1.29, 1.82) is 0 Å². The minimum Gasteiger partial charge on any atom is -0.0843 e. The fraction of sp³-hybridized carbons (Fsp3) is 0.600. The largest absolute Gasteiger partial charge is 0.0843 e. The van der Waals surface area contributed by atoms with Gasteiger partial charge < -0.3 is 0 Å². The Morgan fingerprint density at radius 1 is 1.20 bits per heavy atom. The van der Waals surface area contributed by atoms with E-state index in [-0.39, 0.29) is 0 Å². The van der Waals surface area contributed by atoms with Crippen molar-refractivity contribution in [3.8, 4) is 0 Å². The van der Waals surface area contributed by atoms with E-state index in [0.29, 0.717) is 0 Å². The molecule has 58 valence electrons. The summed E-state index contributed by atoms with van der Waals surface area (Å²) in [5.74, 6) is 0. The fourth-order valence-corrected chi connectivity index (χ4v) is 0.593. The molecule has 10 heavy (non-hydrogen) atoms. The van der Waals surface area contributed by atoms with Crippen molar-refractivity contribution >= 4 is 0 Å². The number of hydrogen-bond donors (Lipinski definition) is 0. The second-order valence-corrected chi connectivity index (χ2v) is 2.87. The lowest BCUT2D eigenvalue weighted by Gasteiger charge is -1.93. The quantitative estimate of drug-likeness (QED) is 0.522. The van der Waals surface area contributed by atoms with E-state index in [2.05, 4.69) is 39.8 Å². The first-order chi connectivity index (χ1) is 4.68. The van der Waals surface area contributed by atoms with Crippen LogP contribution in [0, 0.1) is 0 Å². The van der Waals surface area contributed by atoms with Crippen LogP contribution in [0.4, 0.5) is 0 Å². The number of allylic oxidation sites excluding steroid dienone is 4. The summed E-state index contributed by atoms with van der Waals surface area (Å²) in [5.41, 5.74) is 2.81. The van der Waals surface area contributed by atoms with E-state index in [1.165, 1.54) is 24.0 Å². The molecule has 0 aromatic heterocycles. The molecule has 0 spiro atoms. The number of hydrogen-bond acceptors (Lipinski definition) is 0. The Morgan fingerprint density at radius 3 is 2.20 bits per heavy atom. The molecule has 0 N–H and O–H groups in total. The molecule has 0 amide bonds. The van der Waals surface area contributed by atoms with Crippen molar-refractivity contribution in [2.45, 2.75) is 40.5 Å². The molecule has 0 heteroatoms. The molecule has 0 rings (SSSR count). The highest BCUT2D eigenvalue weighted by molar-refractivity contribution is 5.20. The van der Waals surface area contributed by atoms with Gasteiger partial charge in [0.2, 0.25) is 0 Å². The first-order valence-corrected chi connectivity index (χ1v) is 3.99. The molecule has 0 aliphatic carbocycles. The van der Waals surface area contributed by atoms with Crippen molar-refractivity contribution in [2.24, 2.45) is 0 Å². The number of unbranched alkanes of at least 4 members (excludes halogenated alkanes) is 1. The third-order valence-electron chi connectivity index (χ3n) is 1.61. The van der Waals surface area contributed by atoms with Crippen LogP contribution in [0.1, 0.15) is 40.5 Å². The molecule has 0 saturated heterocycles. The van der Waals surface area contributed by atoms with Crippen LogP contribution in [0.5, 0.6) is 0 Å². The normalized spacial score (nSPS) is 10.4. The monoisotopic (exact) mass is 138 g/mol. The molecular weight excluding hydrogens is 120 g/mol. The van der Waals surface area contributed by atoms with Crippen molar-refractivity contribution in [3.63, 3.8) is 0 Å². The highest BCUT2D eigenvalue weighted by atomic mass is 13.9. The first kappa shape index (κ1) is 9.48. The summed E-state index contributed by atoms with van der Waals surface area (Å²) in [5, 5.41) is 0. The van der Waals surface area contributed by atoms with E-state index in [1.807, 2.05) is 0 Å². The zero-order chi connectivity index (χ0) is 7.98. The summed E-state index contributed by atoms with van der Waals surface area (Å²) in [4.78, 5) is 0. The van der Waals surface area contributed by atoms with Gasteiger partial charge in [0.05, 0.1) is 0 Å². The van der Waals surface area contributed by atoms with Gasteiger partial charge in [-0.3, -0.25) is 0 Å². The third kappa shape index (κ3) is 4.37. The average molecular weight is 138 g/mol. The molecule has 0 heterocycles. The minimum atomic E-state index is 1.20. The van der Waals surface area contributed by atoms with Gasteiger partial charge in [-0.05, 0) is 27.2 Å². The minimum absolute atomic E-state index is 1.20. The Morgan fingerprint density at radius 2 is 1.80 bits per heavy atom. The molecule has 0 nitrogen and oxygen atoms in total. The zero-order valence-electron chi connectivity index (χ0n) is 7.57. The molecule has 0 aromatic rings. The van der Waals surface area contributed by atoms with Gasteiger partial charge in [0.25, 0.3) is 0 Å². The van der Waals surface area contributed by atoms with Gasteiger partial charge in [0.1, 0.15) is 0 Å². The van der Waals surface area contributed by atoms with Gasteiger partial charge in [-0.25, -0.2) is 0 Å². The van der Waals surface area contributed by atoms with Crippen LogP contribution in [-0.4, -0.2) is 0 Å². The average Bonchev–Trinajstić information content (AvgIpc) is 1.88. The second kappa shape index (κ2) is 5.28. The smallest absolute Gasteiger partial charge is 0.0350 e. The van der Waals surface area contributed by atoms with E-state index < -0.39 is 0 Å². The lowest BCUT2D eigenvalue weighted by molar-refractivity contribution is 0.957. The molecule has 0 aliphatic rings. The van der Waals surface area contributed by atoms with Gasteiger partial charge >= 0.3 is 0 Å². The van der Waals surface area contributed by atoms with Crippen LogP contribution in [0.15, 0.2) is 23.3 Å². The predicted molar refractivity (Wildman–Crippen MR) is 48.1 cm³/mol. The molecule has 0 unspecified atom stereocenters. The molecule has 0 aliphatic heterocycles. The van der Waals surface area contributed by atoms with Gasteiger partial charge in [-0.2, -0.15) is 0 Å². The van der Waals surface area contributed by atoms with Gasteiger partial charge in [-0.1, -0.05) is 36.6 Å². The summed E-state index contributed by atoms with van der Waals surface area (Å²) >= 11 is 0.